The van der Waals surface area contributed by atoms with Crippen molar-refractivity contribution >= 4 is 32.6 Å². The van der Waals surface area contributed by atoms with Gasteiger partial charge < -0.3 is 9.30 Å². The van der Waals surface area contributed by atoms with E-state index in [4.69, 9.17) is 4.74 Å². The normalized spacial score (nSPS) is 12.0. The second-order valence-corrected chi connectivity index (χ2v) is 10.9. The summed E-state index contributed by atoms with van der Waals surface area (Å²) in [7, 11) is 0. The van der Waals surface area contributed by atoms with E-state index in [1.807, 2.05) is 0 Å². The van der Waals surface area contributed by atoms with Crippen LogP contribution in [0.5, 0.6) is 11.5 Å². The average molecular weight is 536 g/mol. The van der Waals surface area contributed by atoms with Gasteiger partial charge in [0.2, 0.25) is 0 Å². The predicted molar refractivity (Wildman–Crippen MR) is 175 cm³/mol. The Labute approximate surface area is 243 Å². The number of aromatic nitrogens is 1. The van der Waals surface area contributed by atoms with Crippen molar-refractivity contribution in [3.05, 3.63) is 152 Å². The van der Waals surface area contributed by atoms with Crippen molar-refractivity contribution in [2.75, 3.05) is 0 Å². The molecule has 9 rings (SSSR count). The van der Waals surface area contributed by atoms with E-state index in [1.54, 1.807) is 0 Å². The van der Waals surface area contributed by atoms with Crippen LogP contribution in [0.4, 0.5) is 0 Å². The van der Waals surface area contributed by atoms with Gasteiger partial charge in [-0.2, -0.15) is 0 Å². The lowest BCUT2D eigenvalue weighted by molar-refractivity contribution is 0.487. The van der Waals surface area contributed by atoms with E-state index in [9.17, 15) is 0 Å². The van der Waals surface area contributed by atoms with Crippen LogP contribution in [0.15, 0.2) is 152 Å². The van der Waals surface area contributed by atoms with Gasteiger partial charge in [0, 0.05) is 27.4 Å². The van der Waals surface area contributed by atoms with Crippen molar-refractivity contribution in [2.24, 2.45) is 0 Å². The Bertz CT molecular complexity index is 2310. The minimum atomic E-state index is 0.894. The van der Waals surface area contributed by atoms with Crippen LogP contribution in [0, 0.1) is 0 Å². The van der Waals surface area contributed by atoms with E-state index < -0.39 is 0 Å². The molecule has 1 aliphatic rings. The van der Waals surface area contributed by atoms with E-state index in [0.717, 1.165) is 22.7 Å². The molecule has 0 saturated heterocycles. The Kier molecular flexibility index (Phi) is 4.93. The van der Waals surface area contributed by atoms with Crippen LogP contribution < -0.4 is 4.74 Å². The van der Waals surface area contributed by atoms with Gasteiger partial charge in [-0.05, 0) is 75.7 Å². The number of ether oxygens (including phenoxy) is 1. The first-order valence-corrected chi connectivity index (χ1v) is 14.4. The molecule has 1 aromatic heterocycles. The second-order valence-electron chi connectivity index (χ2n) is 10.9. The summed E-state index contributed by atoms with van der Waals surface area (Å²) < 4.78 is 8.89. The van der Waals surface area contributed by atoms with E-state index in [-0.39, 0.29) is 0 Å². The standard InChI is InChI=1S/C40H25NO/c1-3-10-26(11-4-1)30-21-23-39-40-33(30)15-9-16-34(40)35-24-27(19-22-38(35)42-39)28-18-20-32-31-14-7-8-17-36(31)41(37(32)25-28)29-12-5-2-6-13-29/h1-25H. The SMILES string of the molecule is c1ccc(-c2ccc3c4c(cccc24)-c2cc(-c4ccc5c6ccccc6n(-c6ccccc6)c5c4)ccc2O3)cc1. The van der Waals surface area contributed by atoms with Gasteiger partial charge in [-0.1, -0.05) is 109 Å². The summed E-state index contributed by atoms with van der Waals surface area (Å²) in [5.74, 6) is 1.81. The first kappa shape index (κ1) is 23.1. The van der Waals surface area contributed by atoms with Crippen molar-refractivity contribution < 1.29 is 4.74 Å². The van der Waals surface area contributed by atoms with Crippen LogP contribution in [0.25, 0.3) is 71.6 Å². The van der Waals surface area contributed by atoms with Crippen LogP contribution >= 0.6 is 0 Å². The molecule has 0 unspecified atom stereocenters. The Morgan fingerprint density at radius 2 is 1.07 bits per heavy atom. The Morgan fingerprint density at radius 3 is 1.95 bits per heavy atom. The molecule has 0 spiro atoms. The minimum absolute atomic E-state index is 0.894. The summed E-state index contributed by atoms with van der Waals surface area (Å²) in [6, 6.07) is 54.2. The fourth-order valence-electron chi connectivity index (χ4n) is 6.69. The molecule has 0 saturated carbocycles. The molecule has 42 heavy (non-hydrogen) atoms. The Balaban J connectivity index is 1.24. The van der Waals surface area contributed by atoms with Crippen molar-refractivity contribution in [3.63, 3.8) is 0 Å². The van der Waals surface area contributed by atoms with E-state index in [0.29, 0.717) is 0 Å². The van der Waals surface area contributed by atoms with Crippen molar-refractivity contribution in [3.8, 4) is 50.6 Å². The van der Waals surface area contributed by atoms with Gasteiger partial charge in [-0.3, -0.25) is 0 Å². The molecule has 0 radical (unpaired) electrons. The van der Waals surface area contributed by atoms with Gasteiger partial charge in [-0.25, -0.2) is 0 Å². The van der Waals surface area contributed by atoms with Crippen LogP contribution in [0.1, 0.15) is 0 Å². The fourth-order valence-corrected chi connectivity index (χ4v) is 6.69. The highest BCUT2D eigenvalue weighted by Gasteiger charge is 2.22. The van der Waals surface area contributed by atoms with Crippen molar-refractivity contribution in [2.45, 2.75) is 0 Å². The van der Waals surface area contributed by atoms with Gasteiger partial charge in [0.25, 0.3) is 0 Å². The lowest BCUT2D eigenvalue weighted by Crippen LogP contribution is -1.98. The molecule has 2 heteroatoms. The molecule has 8 aromatic rings. The smallest absolute Gasteiger partial charge is 0.135 e. The predicted octanol–water partition coefficient (Wildman–Crippen LogP) is 11.0. The maximum Gasteiger partial charge on any atom is 0.135 e. The molecule has 0 fully saturated rings. The summed E-state index contributed by atoms with van der Waals surface area (Å²) in [5.41, 5.74) is 10.7. The zero-order valence-corrected chi connectivity index (χ0v) is 22.8. The Hall–Kier alpha value is -5.60. The van der Waals surface area contributed by atoms with Gasteiger partial charge >= 0.3 is 0 Å². The zero-order valence-electron chi connectivity index (χ0n) is 22.8. The van der Waals surface area contributed by atoms with Gasteiger partial charge in [0.1, 0.15) is 11.5 Å². The van der Waals surface area contributed by atoms with Crippen LogP contribution in [-0.4, -0.2) is 4.57 Å². The number of benzene rings is 7. The maximum absolute atomic E-state index is 6.51. The topological polar surface area (TPSA) is 14.2 Å². The minimum Gasteiger partial charge on any atom is -0.456 e. The average Bonchev–Trinajstić information content (AvgIpc) is 3.39. The number of rotatable bonds is 3. The Morgan fingerprint density at radius 1 is 0.381 bits per heavy atom. The lowest BCUT2D eigenvalue weighted by atomic mass is 9.89. The summed E-state index contributed by atoms with van der Waals surface area (Å²) >= 11 is 0. The molecular formula is C40H25NO. The molecule has 2 heterocycles. The van der Waals surface area contributed by atoms with Crippen molar-refractivity contribution in [1.82, 2.24) is 4.57 Å². The van der Waals surface area contributed by atoms with Crippen molar-refractivity contribution in [1.29, 1.82) is 0 Å². The highest BCUT2D eigenvalue weighted by Crippen LogP contribution is 2.49. The molecular weight excluding hydrogens is 510 g/mol. The quantitative estimate of drug-likeness (QED) is 0.219. The highest BCUT2D eigenvalue weighted by molar-refractivity contribution is 6.11. The van der Waals surface area contributed by atoms with Crippen LogP contribution in [0.2, 0.25) is 0 Å². The third-order valence-corrected chi connectivity index (χ3v) is 8.60. The largest absolute Gasteiger partial charge is 0.456 e. The molecule has 0 bridgehead atoms. The van der Waals surface area contributed by atoms with E-state index in [2.05, 4.69) is 156 Å². The molecule has 1 aliphatic heterocycles. The molecule has 0 N–H and O–H groups in total. The summed E-state index contributed by atoms with van der Waals surface area (Å²) in [6.45, 7) is 0. The third kappa shape index (κ3) is 3.39. The monoisotopic (exact) mass is 535 g/mol. The fraction of sp³-hybridized carbons (Fsp3) is 0. The molecule has 7 aromatic carbocycles. The molecule has 0 atom stereocenters. The third-order valence-electron chi connectivity index (χ3n) is 8.60. The van der Waals surface area contributed by atoms with Gasteiger partial charge in [-0.15, -0.1) is 0 Å². The summed E-state index contributed by atoms with van der Waals surface area (Å²) in [6.07, 6.45) is 0. The molecule has 0 aliphatic carbocycles. The number of para-hydroxylation sites is 2. The maximum atomic E-state index is 6.51. The first-order chi connectivity index (χ1) is 20.8. The first-order valence-electron chi connectivity index (χ1n) is 14.4. The zero-order chi connectivity index (χ0) is 27.6. The van der Waals surface area contributed by atoms with Gasteiger partial charge in [0.15, 0.2) is 0 Å². The number of nitrogens with zero attached hydrogens (tertiary/aromatic N) is 1. The summed E-state index contributed by atoms with van der Waals surface area (Å²) in [4.78, 5) is 0. The number of hydrogen-bond acceptors (Lipinski definition) is 1. The molecule has 196 valence electrons. The molecule has 0 amide bonds. The van der Waals surface area contributed by atoms with Crippen LogP contribution in [-0.2, 0) is 0 Å². The highest BCUT2D eigenvalue weighted by atomic mass is 16.5. The van der Waals surface area contributed by atoms with Crippen LogP contribution in [0.3, 0.4) is 0 Å². The number of fused-ring (bicyclic) bond motifs is 5. The second kappa shape index (κ2) is 8.95. The van der Waals surface area contributed by atoms with Gasteiger partial charge in [0.05, 0.1) is 11.0 Å². The van der Waals surface area contributed by atoms with E-state index >= 15 is 0 Å². The van der Waals surface area contributed by atoms with E-state index in [1.165, 1.54) is 60.4 Å². The molecule has 2 nitrogen and oxygen atoms in total. The number of hydrogen-bond donors (Lipinski definition) is 0. The summed E-state index contributed by atoms with van der Waals surface area (Å²) in [5, 5.41) is 4.90. The lowest BCUT2D eigenvalue weighted by Gasteiger charge is -2.23.